The van der Waals surface area contributed by atoms with Crippen molar-refractivity contribution < 1.29 is 8.78 Å². The first-order valence-corrected chi connectivity index (χ1v) is 4.82. The molecule has 0 aliphatic rings. The van der Waals surface area contributed by atoms with E-state index in [0.717, 1.165) is 6.07 Å². The monoisotopic (exact) mass is 174 g/mol. The molecule has 1 aromatic carbocycles. The summed E-state index contributed by atoms with van der Waals surface area (Å²) in [7, 11) is -0.390. The standard InChI is InChI=1S/C8H8F2S/c1-11(2)8-4-3-6(9)5-7(8)10/h3-5H,1H2,2H3. The lowest BCUT2D eigenvalue weighted by atomic mass is 10.3. The molecule has 0 aromatic heterocycles. The first kappa shape index (κ1) is 8.40. The van der Waals surface area contributed by atoms with E-state index in [1.54, 1.807) is 6.26 Å². The van der Waals surface area contributed by atoms with Crippen LogP contribution in [0.1, 0.15) is 0 Å². The molecule has 0 nitrogen and oxygen atoms in total. The molecule has 0 bridgehead atoms. The van der Waals surface area contributed by atoms with Crippen molar-refractivity contribution in [2.45, 2.75) is 4.90 Å². The van der Waals surface area contributed by atoms with Gasteiger partial charge in [-0.2, -0.15) is 10.5 Å². The molecule has 1 rings (SSSR count). The van der Waals surface area contributed by atoms with Gasteiger partial charge in [0.1, 0.15) is 11.6 Å². The summed E-state index contributed by atoms with van der Waals surface area (Å²) in [5.74, 6) is 2.61. The van der Waals surface area contributed by atoms with Gasteiger partial charge < -0.3 is 0 Å². The molecule has 0 fully saturated rings. The van der Waals surface area contributed by atoms with Crippen LogP contribution in [-0.4, -0.2) is 12.1 Å². The van der Waals surface area contributed by atoms with E-state index in [1.165, 1.54) is 12.1 Å². The van der Waals surface area contributed by atoms with Gasteiger partial charge in [0.2, 0.25) is 0 Å². The van der Waals surface area contributed by atoms with Crippen LogP contribution in [0.4, 0.5) is 8.78 Å². The van der Waals surface area contributed by atoms with Crippen molar-refractivity contribution in [1.82, 2.24) is 0 Å². The highest BCUT2D eigenvalue weighted by molar-refractivity contribution is 8.13. The lowest BCUT2D eigenvalue weighted by molar-refractivity contribution is 0.566. The molecular formula is C8H8F2S. The van der Waals surface area contributed by atoms with Crippen LogP contribution in [0.2, 0.25) is 0 Å². The van der Waals surface area contributed by atoms with Crippen LogP contribution in [0, 0.1) is 11.6 Å². The van der Waals surface area contributed by atoms with E-state index in [0.29, 0.717) is 4.90 Å². The zero-order valence-electron chi connectivity index (χ0n) is 6.10. The third-order valence-electron chi connectivity index (χ3n) is 1.27. The number of halogens is 2. The van der Waals surface area contributed by atoms with Crippen LogP contribution in [-0.2, 0) is 0 Å². The minimum absolute atomic E-state index is 0.390. The summed E-state index contributed by atoms with van der Waals surface area (Å²) < 4.78 is 25.2. The van der Waals surface area contributed by atoms with E-state index in [2.05, 4.69) is 5.87 Å². The fraction of sp³-hybridized carbons (Fsp3) is 0.125. The van der Waals surface area contributed by atoms with Crippen molar-refractivity contribution in [3.8, 4) is 0 Å². The molecule has 0 saturated carbocycles. The first-order chi connectivity index (χ1) is 5.11. The second kappa shape index (κ2) is 3.13. The zero-order valence-corrected chi connectivity index (χ0v) is 6.92. The fourth-order valence-electron chi connectivity index (χ4n) is 0.758. The quantitative estimate of drug-likeness (QED) is 0.574. The Morgan fingerprint density at radius 2 is 2.00 bits per heavy atom. The third-order valence-corrected chi connectivity index (χ3v) is 2.35. The largest absolute Gasteiger partial charge is 0.207 e. The lowest BCUT2D eigenvalue weighted by Crippen LogP contribution is -1.83. The van der Waals surface area contributed by atoms with Gasteiger partial charge in [0.25, 0.3) is 0 Å². The SMILES string of the molecule is C=S(C)c1ccc(F)cc1F. The van der Waals surface area contributed by atoms with Gasteiger partial charge in [-0.25, -0.2) is 8.78 Å². The van der Waals surface area contributed by atoms with Crippen molar-refractivity contribution in [1.29, 1.82) is 0 Å². The lowest BCUT2D eigenvalue weighted by Gasteiger charge is -2.01. The highest BCUT2D eigenvalue weighted by Gasteiger charge is 2.01. The van der Waals surface area contributed by atoms with Crippen molar-refractivity contribution in [2.24, 2.45) is 0 Å². The predicted molar refractivity (Wildman–Crippen MR) is 45.3 cm³/mol. The number of rotatable bonds is 1. The Hall–Kier alpha value is -0.700. The molecule has 60 valence electrons. The molecule has 0 aliphatic heterocycles. The molecule has 1 atom stereocenters. The number of hydrogen-bond donors (Lipinski definition) is 0. The average molecular weight is 174 g/mol. The Morgan fingerprint density at radius 3 is 2.45 bits per heavy atom. The molecule has 0 amide bonds. The van der Waals surface area contributed by atoms with Gasteiger partial charge >= 0.3 is 0 Å². The minimum Gasteiger partial charge on any atom is -0.207 e. The normalized spacial score (nSPS) is 13.0. The molecule has 0 radical (unpaired) electrons. The van der Waals surface area contributed by atoms with Crippen molar-refractivity contribution in [3.05, 3.63) is 29.8 Å². The summed E-state index contributed by atoms with van der Waals surface area (Å²) in [5, 5.41) is 0. The van der Waals surface area contributed by atoms with Crippen LogP contribution in [0.5, 0.6) is 0 Å². The summed E-state index contributed by atoms with van der Waals surface area (Å²) >= 11 is 0. The molecule has 0 aliphatic carbocycles. The van der Waals surface area contributed by atoms with Crippen molar-refractivity contribution >= 4 is 16.4 Å². The maximum absolute atomic E-state index is 12.8. The molecular weight excluding hydrogens is 166 g/mol. The van der Waals surface area contributed by atoms with Crippen LogP contribution >= 0.6 is 10.5 Å². The predicted octanol–water partition coefficient (Wildman–Crippen LogP) is 2.65. The average Bonchev–Trinajstić information content (AvgIpc) is 1.85. The van der Waals surface area contributed by atoms with Crippen LogP contribution in [0.15, 0.2) is 23.1 Å². The Morgan fingerprint density at radius 1 is 1.36 bits per heavy atom. The molecule has 0 saturated heterocycles. The Balaban J connectivity index is 3.20. The Bertz CT molecular complexity index is 294. The molecule has 0 heterocycles. The van der Waals surface area contributed by atoms with Gasteiger partial charge in [-0.05, 0) is 18.4 Å². The maximum Gasteiger partial charge on any atom is 0.139 e. The number of hydrogen-bond acceptors (Lipinski definition) is 0. The summed E-state index contributed by atoms with van der Waals surface area (Å²) in [6.45, 7) is 0. The van der Waals surface area contributed by atoms with E-state index in [-0.39, 0.29) is 0 Å². The van der Waals surface area contributed by atoms with Gasteiger partial charge in [0, 0.05) is 11.0 Å². The summed E-state index contributed by atoms with van der Waals surface area (Å²) in [6, 6.07) is 3.55. The highest BCUT2D eigenvalue weighted by Crippen LogP contribution is 2.23. The van der Waals surface area contributed by atoms with Gasteiger partial charge in [-0.3, -0.25) is 0 Å². The number of benzene rings is 1. The van der Waals surface area contributed by atoms with Gasteiger partial charge in [0.15, 0.2) is 0 Å². The summed E-state index contributed by atoms with van der Waals surface area (Å²) in [5.41, 5.74) is 0. The topological polar surface area (TPSA) is 0 Å². The van der Waals surface area contributed by atoms with Crippen LogP contribution in [0.3, 0.4) is 0 Å². The van der Waals surface area contributed by atoms with E-state index < -0.39 is 22.1 Å². The summed E-state index contributed by atoms with van der Waals surface area (Å²) in [4.78, 5) is 0.478. The Kier molecular flexibility index (Phi) is 2.39. The zero-order chi connectivity index (χ0) is 8.43. The van der Waals surface area contributed by atoms with Gasteiger partial charge in [-0.1, -0.05) is 5.87 Å². The molecule has 0 N–H and O–H groups in total. The summed E-state index contributed by atoms with van der Waals surface area (Å²) in [6.07, 6.45) is 1.79. The maximum atomic E-state index is 12.8. The molecule has 11 heavy (non-hydrogen) atoms. The van der Waals surface area contributed by atoms with Gasteiger partial charge in [0.05, 0.1) is 0 Å². The second-order valence-electron chi connectivity index (χ2n) is 2.21. The smallest absolute Gasteiger partial charge is 0.139 e. The van der Waals surface area contributed by atoms with Crippen LogP contribution < -0.4 is 0 Å². The van der Waals surface area contributed by atoms with Crippen molar-refractivity contribution in [3.63, 3.8) is 0 Å². The molecule has 0 spiro atoms. The van der Waals surface area contributed by atoms with E-state index in [9.17, 15) is 8.78 Å². The third kappa shape index (κ3) is 1.87. The van der Waals surface area contributed by atoms with Crippen molar-refractivity contribution in [2.75, 3.05) is 6.26 Å². The highest BCUT2D eigenvalue weighted by atomic mass is 32.2. The molecule has 3 heteroatoms. The fourth-order valence-corrected chi connectivity index (χ4v) is 1.45. The van der Waals surface area contributed by atoms with E-state index in [1.807, 2.05) is 0 Å². The van der Waals surface area contributed by atoms with E-state index in [4.69, 9.17) is 0 Å². The van der Waals surface area contributed by atoms with E-state index >= 15 is 0 Å². The van der Waals surface area contributed by atoms with Gasteiger partial charge in [-0.15, -0.1) is 0 Å². The molecule has 1 aromatic rings. The Labute approximate surface area is 66.8 Å². The first-order valence-electron chi connectivity index (χ1n) is 3.02. The minimum atomic E-state index is -0.545. The van der Waals surface area contributed by atoms with Crippen LogP contribution in [0.25, 0.3) is 0 Å². The second-order valence-corrected chi connectivity index (χ2v) is 3.93. The molecule has 1 unspecified atom stereocenters.